The van der Waals surface area contributed by atoms with Crippen LogP contribution in [0.4, 0.5) is 5.69 Å². The molecule has 1 amide bonds. The molecule has 5 nitrogen and oxygen atoms in total. The van der Waals surface area contributed by atoms with Crippen LogP contribution in [0.2, 0.25) is 5.02 Å². The Hall–Kier alpha value is -1.59. The van der Waals surface area contributed by atoms with Gasteiger partial charge in [-0.1, -0.05) is 24.6 Å². The second kappa shape index (κ2) is 7.26. The van der Waals surface area contributed by atoms with Gasteiger partial charge in [0.2, 0.25) is 5.91 Å². The lowest BCUT2D eigenvalue weighted by atomic mass is 9.99. The number of hydrogen-bond donors (Lipinski definition) is 3. The summed E-state index contributed by atoms with van der Waals surface area (Å²) >= 11 is 5.82. The van der Waals surface area contributed by atoms with E-state index in [9.17, 15) is 9.59 Å². The molecule has 0 aliphatic heterocycles. The summed E-state index contributed by atoms with van der Waals surface area (Å²) in [7, 11) is 0. The van der Waals surface area contributed by atoms with Crippen LogP contribution >= 0.6 is 11.6 Å². The van der Waals surface area contributed by atoms with Gasteiger partial charge in [0.1, 0.15) is 5.54 Å². The summed E-state index contributed by atoms with van der Waals surface area (Å²) in [5.41, 5.74) is -0.380. The Balaban J connectivity index is 2.43. The van der Waals surface area contributed by atoms with Crippen molar-refractivity contribution in [1.29, 1.82) is 0 Å². The van der Waals surface area contributed by atoms with Gasteiger partial charge in [0, 0.05) is 23.7 Å². The lowest BCUT2D eigenvalue weighted by Crippen LogP contribution is -2.49. The van der Waals surface area contributed by atoms with Crippen LogP contribution in [0.25, 0.3) is 0 Å². The number of carbonyl (C=O) groups is 2. The Bertz CT molecular complexity index is 493. The third-order valence-electron chi connectivity index (χ3n) is 3.15. The lowest BCUT2D eigenvalue weighted by molar-refractivity contribution is -0.144. The molecule has 3 N–H and O–H groups in total. The minimum absolute atomic E-state index is 0.190. The highest BCUT2D eigenvalue weighted by molar-refractivity contribution is 6.30. The molecule has 0 aliphatic rings. The Labute approximate surface area is 123 Å². The van der Waals surface area contributed by atoms with Gasteiger partial charge in [-0.15, -0.1) is 0 Å². The molecule has 0 saturated heterocycles. The van der Waals surface area contributed by atoms with Gasteiger partial charge < -0.3 is 15.7 Å². The van der Waals surface area contributed by atoms with Gasteiger partial charge in [0.15, 0.2) is 0 Å². The van der Waals surface area contributed by atoms with Crippen molar-refractivity contribution in [3.8, 4) is 0 Å². The molecule has 0 aliphatic carbocycles. The first-order chi connectivity index (χ1) is 9.37. The van der Waals surface area contributed by atoms with Gasteiger partial charge in [-0.3, -0.25) is 9.59 Å². The third kappa shape index (κ3) is 4.83. The monoisotopic (exact) mass is 298 g/mol. The van der Waals surface area contributed by atoms with Gasteiger partial charge in [-0.2, -0.15) is 0 Å². The van der Waals surface area contributed by atoms with Gasteiger partial charge >= 0.3 is 5.97 Å². The SMILES string of the molecule is CCC(C)(NCCC(=O)Nc1cccc(Cl)c1)C(=O)O. The second-order valence-electron chi connectivity index (χ2n) is 4.73. The van der Waals surface area contributed by atoms with Gasteiger partial charge in [0.25, 0.3) is 0 Å². The average Bonchev–Trinajstić information content (AvgIpc) is 2.38. The van der Waals surface area contributed by atoms with Crippen molar-refractivity contribution < 1.29 is 14.7 Å². The van der Waals surface area contributed by atoms with Crippen LogP contribution in [-0.4, -0.2) is 29.1 Å². The minimum atomic E-state index is -1.00. The van der Waals surface area contributed by atoms with Crippen LogP contribution in [0.15, 0.2) is 24.3 Å². The molecule has 0 bridgehead atoms. The second-order valence-corrected chi connectivity index (χ2v) is 5.16. The zero-order valence-electron chi connectivity index (χ0n) is 11.6. The number of rotatable bonds is 7. The number of carboxylic acids is 1. The maximum Gasteiger partial charge on any atom is 0.323 e. The molecule has 1 aromatic rings. The predicted molar refractivity (Wildman–Crippen MR) is 79.0 cm³/mol. The zero-order valence-corrected chi connectivity index (χ0v) is 12.3. The molecule has 1 unspecified atom stereocenters. The number of carboxylic acid groups (broad SMARTS) is 1. The third-order valence-corrected chi connectivity index (χ3v) is 3.39. The molecular weight excluding hydrogens is 280 g/mol. The summed E-state index contributed by atoms with van der Waals surface area (Å²) < 4.78 is 0. The van der Waals surface area contributed by atoms with Crippen LogP contribution in [0, 0.1) is 0 Å². The molecule has 0 spiro atoms. The first-order valence-corrected chi connectivity index (χ1v) is 6.79. The van der Waals surface area contributed by atoms with E-state index in [0.29, 0.717) is 23.7 Å². The van der Waals surface area contributed by atoms with Crippen molar-refractivity contribution >= 4 is 29.2 Å². The van der Waals surface area contributed by atoms with Crippen molar-refractivity contribution in [2.24, 2.45) is 0 Å². The van der Waals surface area contributed by atoms with Crippen molar-refractivity contribution in [3.05, 3.63) is 29.3 Å². The number of benzene rings is 1. The number of amides is 1. The van der Waals surface area contributed by atoms with Crippen molar-refractivity contribution in [1.82, 2.24) is 5.32 Å². The number of hydrogen-bond acceptors (Lipinski definition) is 3. The molecule has 0 radical (unpaired) electrons. The van der Waals surface area contributed by atoms with E-state index >= 15 is 0 Å². The zero-order chi connectivity index (χ0) is 15.2. The van der Waals surface area contributed by atoms with E-state index < -0.39 is 11.5 Å². The number of nitrogens with one attached hydrogen (secondary N) is 2. The predicted octanol–water partition coefficient (Wildman–Crippen LogP) is 2.51. The first-order valence-electron chi connectivity index (χ1n) is 6.41. The van der Waals surface area contributed by atoms with E-state index in [-0.39, 0.29) is 12.3 Å². The largest absolute Gasteiger partial charge is 0.480 e. The Morgan fingerprint density at radius 1 is 1.40 bits per heavy atom. The van der Waals surface area contributed by atoms with Crippen LogP contribution in [0.5, 0.6) is 0 Å². The van der Waals surface area contributed by atoms with Crippen molar-refractivity contribution in [3.63, 3.8) is 0 Å². The number of aliphatic carboxylic acids is 1. The fourth-order valence-corrected chi connectivity index (χ4v) is 1.78. The van der Waals surface area contributed by atoms with E-state index in [4.69, 9.17) is 16.7 Å². The highest BCUT2D eigenvalue weighted by atomic mass is 35.5. The van der Waals surface area contributed by atoms with Gasteiger partial charge in [-0.05, 0) is 31.5 Å². The van der Waals surface area contributed by atoms with Crippen molar-refractivity contribution in [2.75, 3.05) is 11.9 Å². The smallest absolute Gasteiger partial charge is 0.323 e. The van der Waals surface area contributed by atoms with Crippen molar-refractivity contribution in [2.45, 2.75) is 32.2 Å². The molecule has 110 valence electrons. The molecule has 6 heteroatoms. The highest BCUT2D eigenvalue weighted by Gasteiger charge is 2.30. The summed E-state index contributed by atoms with van der Waals surface area (Å²) in [4.78, 5) is 22.8. The van der Waals surface area contributed by atoms with E-state index in [1.807, 2.05) is 0 Å². The van der Waals surface area contributed by atoms with E-state index in [0.717, 1.165) is 0 Å². The molecule has 1 aromatic carbocycles. The standard InChI is InChI=1S/C14H19ClN2O3/c1-3-14(2,13(19)20)16-8-7-12(18)17-11-6-4-5-10(15)9-11/h4-6,9,16H,3,7-8H2,1-2H3,(H,17,18)(H,19,20). The Kier molecular flexibility index (Phi) is 5.98. The summed E-state index contributed by atoms with van der Waals surface area (Å²) in [5.74, 6) is -1.11. The van der Waals surface area contributed by atoms with Gasteiger partial charge in [-0.25, -0.2) is 0 Å². The first kappa shape index (κ1) is 16.5. The molecule has 0 heterocycles. The quantitative estimate of drug-likeness (QED) is 0.723. The Morgan fingerprint density at radius 3 is 2.65 bits per heavy atom. The van der Waals surface area contributed by atoms with Crippen LogP contribution < -0.4 is 10.6 Å². The molecule has 20 heavy (non-hydrogen) atoms. The van der Waals surface area contributed by atoms with E-state index in [1.165, 1.54) is 0 Å². The minimum Gasteiger partial charge on any atom is -0.480 e. The number of halogens is 1. The number of anilines is 1. The maximum absolute atomic E-state index is 11.7. The van der Waals surface area contributed by atoms with Crippen LogP contribution in [0.1, 0.15) is 26.7 Å². The molecular formula is C14H19ClN2O3. The summed E-state index contributed by atoms with van der Waals surface area (Å²) in [6, 6.07) is 6.86. The number of carbonyl (C=O) groups excluding carboxylic acids is 1. The molecule has 0 aromatic heterocycles. The lowest BCUT2D eigenvalue weighted by Gasteiger charge is -2.24. The molecule has 0 saturated carbocycles. The average molecular weight is 299 g/mol. The molecule has 0 fully saturated rings. The normalized spacial score (nSPS) is 13.6. The fraction of sp³-hybridized carbons (Fsp3) is 0.429. The highest BCUT2D eigenvalue weighted by Crippen LogP contribution is 2.15. The Morgan fingerprint density at radius 2 is 2.10 bits per heavy atom. The van der Waals surface area contributed by atoms with Crippen LogP contribution in [-0.2, 0) is 9.59 Å². The van der Waals surface area contributed by atoms with E-state index in [1.54, 1.807) is 38.1 Å². The van der Waals surface area contributed by atoms with Crippen LogP contribution in [0.3, 0.4) is 0 Å². The molecule has 1 rings (SSSR count). The fourth-order valence-electron chi connectivity index (χ4n) is 1.59. The maximum atomic E-state index is 11.7. The topological polar surface area (TPSA) is 78.4 Å². The summed E-state index contributed by atoms with van der Waals surface area (Å²) in [6.07, 6.45) is 0.633. The van der Waals surface area contributed by atoms with Gasteiger partial charge in [0.05, 0.1) is 0 Å². The summed E-state index contributed by atoms with van der Waals surface area (Å²) in [5, 5.41) is 15.2. The summed E-state index contributed by atoms with van der Waals surface area (Å²) in [6.45, 7) is 3.68. The molecule has 1 atom stereocenters. The van der Waals surface area contributed by atoms with E-state index in [2.05, 4.69) is 10.6 Å².